The summed E-state index contributed by atoms with van der Waals surface area (Å²) in [7, 11) is -1.38. The number of rotatable bonds is 12. The van der Waals surface area contributed by atoms with Gasteiger partial charge >= 0.3 is 5.97 Å². The summed E-state index contributed by atoms with van der Waals surface area (Å²) in [5, 5.41) is 12.2. The molecule has 1 atom stereocenters. The predicted octanol–water partition coefficient (Wildman–Crippen LogP) is 2.35. The minimum atomic E-state index is -4.06. The van der Waals surface area contributed by atoms with Crippen LogP contribution in [0.25, 0.3) is 10.9 Å². The summed E-state index contributed by atoms with van der Waals surface area (Å²) >= 11 is 0. The first-order chi connectivity index (χ1) is 21.6. The van der Waals surface area contributed by atoms with E-state index in [0.29, 0.717) is 29.3 Å². The number of fused-ring (bicyclic) bond motifs is 1. The molecule has 2 aromatic heterocycles. The van der Waals surface area contributed by atoms with Crippen molar-refractivity contribution in [2.45, 2.75) is 36.6 Å². The van der Waals surface area contributed by atoms with Crippen LogP contribution in [-0.2, 0) is 39.6 Å². The molecule has 5 rings (SSSR count). The Labute approximate surface area is 259 Å². The minimum absolute atomic E-state index is 0.0342. The third-order valence-electron chi connectivity index (χ3n) is 7.79. The molecule has 1 aliphatic carbocycles. The molecule has 4 aromatic rings. The summed E-state index contributed by atoms with van der Waals surface area (Å²) in [6, 6.07) is 19.7. The topological polar surface area (TPSA) is 169 Å². The van der Waals surface area contributed by atoms with Crippen LogP contribution in [0.4, 0.5) is 0 Å². The molecule has 1 aliphatic rings. The fourth-order valence-corrected chi connectivity index (χ4v) is 6.61. The third kappa shape index (κ3) is 6.72. The maximum atomic E-state index is 13.5. The van der Waals surface area contributed by atoms with E-state index in [1.165, 1.54) is 31.0 Å². The summed E-state index contributed by atoms with van der Waals surface area (Å²) in [4.78, 5) is 42.9. The number of aromatic nitrogens is 2. The predicted molar refractivity (Wildman–Crippen MR) is 165 cm³/mol. The first-order valence-corrected chi connectivity index (χ1v) is 15.6. The molecule has 232 valence electrons. The molecule has 12 nitrogen and oxygen atoms in total. The number of carbonyl (C=O) groups excluding carboxylic acids is 2. The molecule has 2 N–H and O–H groups in total. The maximum absolute atomic E-state index is 13.5. The molecule has 1 amide bonds. The highest BCUT2D eigenvalue weighted by Crippen LogP contribution is 2.44. The fourth-order valence-electron chi connectivity index (χ4n) is 4.95. The number of nitrogens with zero attached hydrogens (tertiary/aromatic N) is 3. The Bertz CT molecular complexity index is 1950. The summed E-state index contributed by atoms with van der Waals surface area (Å²) < 4.78 is 40.3. The summed E-state index contributed by atoms with van der Waals surface area (Å²) in [5.74, 6) is -1.25. The number of nitrogens with one attached hydrogen (secondary N) is 2. The smallest absolute Gasteiger partial charge is 0.324 e. The molecule has 0 radical (unpaired) electrons. The number of methoxy groups -OCH3 is 1. The Morgan fingerprint density at radius 1 is 1.09 bits per heavy atom. The molecule has 45 heavy (non-hydrogen) atoms. The number of carbonyl (C=O) groups is 2. The van der Waals surface area contributed by atoms with Gasteiger partial charge in [-0.3, -0.25) is 14.4 Å². The average molecular weight is 630 g/mol. The Morgan fingerprint density at radius 2 is 1.80 bits per heavy atom. The zero-order valence-electron chi connectivity index (χ0n) is 24.6. The number of amides is 1. The highest BCUT2D eigenvalue weighted by Gasteiger charge is 2.56. The Balaban J connectivity index is 1.32. The van der Waals surface area contributed by atoms with Crippen LogP contribution in [0.1, 0.15) is 39.9 Å². The Morgan fingerprint density at radius 3 is 2.44 bits per heavy atom. The molecule has 1 fully saturated rings. The van der Waals surface area contributed by atoms with Crippen molar-refractivity contribution in [1.29, 1.82) is 5.26 Å². The van der Waals surface area contributed by atoms with Crippen LogP contribution in [0.2, 0.25) is 0 Å². The van der Waals surface area contributed by atoms with Crippen LogP contribution in [-0.4, -0.2) is 54.4 Å². The molecule has 2 aromatic carbocycles. The van der Waals surface area contributed by atoms with Crippen LogP contribution in [0.5, 0.6) is 5.88 Å². The first-order valence-electron chi connectivity index (χ1n) is 14.1. The van der Waals surface area contributed by atoms with Gasteiger partial charge in [0.2, 0.25) is 15.9 Å². The Hall–Kier alpha value is -5.06. The van der Waals surface area contributed by atoms with Gasteiger partial charge in [-0.2, -0.15) is 9.98 Å². The van der Waals surface area contributed by atoms with Gasteiger partial charge in [0.25, 0.3) is 11.5 Å². The van der Waals surface area contributed by atoms with Crippen LogP contribution >= 0.6 is 0 Å². The van der Waals surface area contributed by atoms with Gasteiger partial charge in [-0.05, 0) is 54.7 Å². The first kappa shape index (κ1) is 31.4. The summed E-state index contributed by atoms with van der Waals surface area (Å²) in [6.45, 7) is -0.113. The van der Waals surface area contributed by atoms with Crippen molar-refractivity contribution in [3.8, 4) is 11.9 Å². The number of pyridine rings is 2. The van der Waals surface area contributed by atoms with Gasteiger partial charge in [-0.1, -0.05) is 42.5 Å². The standard InChI is InChI=1S/C32H31N5O7S/c1-37-27-24(17-25(30(37)39)28(38)35-19-23-10-8-22(18-33)9-11-23)12-15-34-29(27)44-20-32(13-14-32)45(41,42)36-26(31(40)43-2)16-21-6-4-3-5-7-21/h3-12,15,17,26,36H,13-14,16,19-20H2,1-2H3,(H,35,38)/t26-/m0/s1. The van der Waals surface area contributed by atoms with E-state index in [1.807, 2.05) is 12.1 Å². The van der Waals surface area contributed by atoms with Crippen LogP contribution < -0.4 is 20.3 Å². The largest absolute Gasteiger partial charge is 0.474 e. The third-order valence-corrected chi connectivity index (χ3v) is 10.0. The number of ether oxygens (including phenoxy) is 2. The van der Waals surface area contributed by atoms with E-state index in [4.69, 9.17) is 14.7 Å². The number of hydrogen-bond donors (Lipinski definition) is 2. The second-order valence-corrected chi connectivity index (χ2v) is 12.9. The normalized spacial score (nSPS) is 14.2. The highest BCUT2D eigenvalue weighted by molar-refractivity contribution is 7.91. The van der Waals surface area contributed by atoms with Gasteiger partial charge in [0.1, 0.15) is 28.5 Å². The zero-order chi connectivity index (χ0) is 32.2. The molecule has 1 saturated carbocycles. The van der Waals surface area contributed by atoms with Crippen molar-refractivity contribution in [3.63, 3.8) is 0 Å². The second kappa shape index (κ2) is 12.9. The van der Waals surface area contributed by atoms with E-state index in [1.54, 1.807) is 54.6 Å². The molecule has 0 aliphatic heterocycles. The highest BCUT2D eigenvalue weighted by atomic mass is 32.2. The maximum Gasteiger partial charge on any atom is 0.324 e. The van der Waals surface area contributed by atoms with Gasteiger partial charge < -0.3 is 19.4 Å². The van der Waals surface area contributed by atoms with Crippen molar-refractivity contribution in [1.82, 2.24) is 19.6 Å². The van der Waals surface area contributed by atoms with E-state index in [2.05, 4.69) is 15.0 Å². The quantitative estimate of drug-likeness (QED) is 0.223. The molecule has 2 heterocycles. The van der Waals surface area contributed by atoms with Crippen LogP contribution in [0.3, 0.4) is 0 Å². The monoisotopic (exact) mass is 629 g/mol. The summed E-state index contributed by atoms with van der Waals surface area (Å²) in [6.07, 6.45) is 2.16. The lowest BCUT2D eigenvalue weighted by molar-refractivity contribution is -0.142. The number of sulfonamides is 1. The van der Waals surface area contributed by atoms with Crippen LogP contribution in [0.15, 0.2) is 77.7 Å². The summed E-state index contributed by atoms with van der Waals surface area (Å²) in [5.41, 5.74) is 1.64. The van der Waals surface area contributed by atoms with Gasteiger partial charge in [0.15, 0.2) is 0 Å². The number of nitriles is 1. The molecule has 0 unspecified atom stereocenters. The molecule has 0 spiro atoms. The zero-order valence-corrected chi connectivity index (χ0v) is 25.5. The molecule has 0 saturated heterocycles. The van der Waals surface area contributed by atoms with Crippen molar-refractivity contribution in [3.05, 3.63) is 106 Å². The fraction of sp³-hybridized carbons (Fsp3) is 0.281. The van der Waals surface area contributed by atoms with Crippen molar-refractivity contribution in [2.75, 3.05) is 13.7 Å². The number of aryl methyl sites for hydroxylation is 1. The lowest BCUT2D eigenvalue weighted by atomic mass is 10.1. The lowest BCUT2D eigenvalue weighted by Gasteiger charge is -2.22. The average Bonchev–Trinajstić information content (AvgIpc) is 3.86. The van der Waals surface area contributed by atoms with Crippen molar-refractivity contribution in [2.24, 2.45) is 7.05 Å². The van der Waals surface area contributed by atoms with Gasteiger partial charge in [-0.25, -0.2) is 13.4 Å². The van der Waals surface area contributed by atoms with Crippen LogP contribution in [0, 0.1) is 11.3 Å². The number of hydrogen-bond acceptors (Lipinski definition) is 9. The van der Waals surface area contributed by atoms with Gasteiger partial charge in [-0.15, -0.1) is 0 Å². The Kier molecular flexibility index (Phi) is 8.99. The van der Waals surface area contributed by atoms with E-state index in [-0.39, 0.29) is 31.0 Å². The van der Waals surface area contributed by atoms with E-state index in [9.17, 15) is 22.8 Å². The lowest BCUT2D eigenvalue weighted by Crippen LogP contribution is -2.49. The molecule has 0 bridgehead atoms. The SMILES string of the molecule is COC(=O)[C@H](Cc1ccccc1)NS(=O)(=O)C1(COc2nccc3cc(C(=O)NCc4ccc(C#N)cc4)c(=O)n(C)c23)CC1. The number of esters is 1. The van der Waals surface area contributed by atoms with Crippen molar-refractivity contribution >= 4 is 32.8 Å². The van der Waals surface area contributed by atoms with Gasteiger partial charge in [0.05, 0.1) is 18.7 Å². The van der Waals surface area contributed by atoms with Crippen molar-refractivity contribution < 1.29 is 27.5 Å². The second-order valence-electron chi connectivity index (χ2n) is 10.8. The molecular formula is C32H31N5O7S. The van der Waals surface area contributed by atoms with Gasteiger partial charge in [0, 0.05) is 25.2 Å². The molecule has 13 heteroatoms. The molecular weight excluding hydrogens is 598 g/mol. The van der Waals surface area contributed by atoms with E-state index < -0.39 is 38.2 Å². The van der Waals surface area contributed by atoms with E-state index >= 15 is 0 Å². The number of benzene rings is 2. The minimum Gasteiger partial charge on any atom is -0.474 e. The van der Waals surface area contributed by atoms with E-state index in [0.717, 1.165) is 11.1 Å².